The molecule has 0 aliphatic rings. The largest absolute Gasteiger partial charge is 0.496 e. The molecule has 0 radical (unpaired) electrons. The molecule has 20 heavy (non-hydrogen) atoms. The number of benzene rings is 2. The third kappa shape index (κ3) is 3.17. The van der Waals surface area contributed by atoms with Crippen molar-refractivity contribution >= 4 is 0 Å². The van der Waals surface area contributed by atoms with Crippen LogP contribution in [0, 0.1) is 12.7 Å². The van der Waals surface area contributed by atoms with Crippen molar-refractivity contribution in [3.63, 3.8) is 0 Å². The van der Waals surface area contributed by atoms with Crippen LogP contribution in [0.5, 0.6) is 5.75 Å². The van der Waals surface area contributed by atoms with Gasteiger partial charge in [-0.2, -0.15) is 0 Å². The summed E-state index contributed by atoms with van der Waals surface area (Å²) >= 11 is 0. The van der Waals surface area contributed by atoms with Crippen LogP contribution in [0.1, 0.15) is 29.7 Å². The average Bonchev–Trinajstić information content (AvgIpc) is 2.46. The Morgan fingerprint density at radius 2 is 1.85 bits per heavy atom. The molecule has 0 aliphatic heterocycles. The Kier molecular flexibility index (Phi) is 4.74. The fraction of sp³-hybridized carbons (Fsp3) is 0.294. The first-order valence-corrected chi connectivity index (χ1v) is 6.79. The summed E-state index contributed by atoms with van der Waals surface area (Å²) in [7, 11) is 1.61. The van der Waals surface area contributed by atoms with Crippen molar-refractivity contribution in [3.05, 3.63) is 65.0 Å². The zero-order valence-electron chi connectivity index (χ0n) is 12.1. The monoisotopic (exact) mass is 273 g/mol. The molecule has 2 rings (SSSR count). The first kappa shape index (κ1) is 14.5. The second kappa shape index (κ2) is 6.53. The molecule has 0 saturated heterocycles. The Hall–Kier alpha value is -1.87. The van der Waals surface area contributed by atoms with E-state index in [1.807, 2.05) is 6.92 Å². The van der Waals surface area contributed by atoms with Crippen molar-refractivity contribution in [2.75, 3.05) is 13.7 Å². The van der Waals surface area contributed by atoms with Gasteiger partial charge in [-0.3, -0.25) is 0 Å². The van der Waals surface area contributed by atoms with Crippen molar-refractivity contribution < 1.29 is 9.13 Å². The summed E-state index contributed by atoms with van der Waals surface area (Å²) in [6.45, 7) is 4.87. The molecule has 1 unspecified atom stereocenters. The maximum Gasteiger partial charge on any atom is 0.124 e. The van der Waals surface area contributed by atoms with Crippen molar-refractivity contribution in [2.24, 2.45) is 0 Å². The van der Waals surface area contributed by atoms with Gasteiger partial charge in [0, 0.05) is 5.56 Å². The fourth-order valence-electron chi connectivity index (χ4n) is 2.30. The molecule has 0 aliphatic carbocycles. The molecule has 0 fully saturated rings. The second-order valence-electron chi connectivity index (χ2n) is 4.79. The lowest BCUT2D eigenvalue weighted by molar-refractivity contribution is 0.402. The Morgan fingerprint density at radius 1 is 1.15 bits per heavy atom. The SMILES string of the molecule is CCNC(c1ccc(C)cc1)c1cc(F)ccc1OC. The first-order chi connectivity index (χ1) is 9.65. The van der Waals surface area contributed by atoms with E-state index in [-0.39, 0.29) is 11.9 Å². The summed E-state index contributed by atoms with van der Waals surface area (Å²) in [6, 6.07) is 12.8. The van der Waals surface area contributed by atoms with Crippen LogP contribution in [0.25, 0.3) is 0 Å². The van der Waals surface area contributed by atoms with Gasteiger partial charge >= 0.3 is 0 Å². The van der Waals surface area contributed by atoms with Crippen LogP contribution < -0.4 is 10.1 Å². The molecule has 0 heterocycles. The van der Waals surface area contributed by atoms with Crippen LogP contribution in [0.4, 0.5) is 4.39 Å². The highest BCUT2D eigenvalue weighted by atomic mass is 19.1. The van der Waals surface area contributed by atoms with Gasteiger partial charge in [-0.25, -0.2) is 4.39 Å². The molecule has 1 N–H and O–H groups in total. The van der Waals surface area contributed by atoms with Crippen molar-refractivity contribution in [3.8, 4) is 5.75 Å². The van der Waals surface area contributed by atoms with Crippen LogP contribution in [0.2, 0.25) is 0 Å². The Morgan fingerprint density at radius 3 is 2.45 bits per heavy atom. The van der Waals surface area contributed by atoms with Crippen LogP contribution in [-0.2, 0) is 0 Å². The average molecular weight is 273 g/mol. The van der Waals surface area contributed by atoms with Crippen LogP contribution >= 0.6 is 0 Å². The highest BCUT2D eigenvalue weighted by Crippen LogP contribution is 2.30. The standard InChI is InChI=1S/C17H20FNO/c1-4-19-17(13-7-5-12(2)6-8-13)15-11-14(18)9-10-16(15)20-3/h5-11,17,19H,4H2,1-3H3. The summed E-state index contributed by atoms with van der Waals surface area (Å²) in [4.78, 5) is 0. The maximum absolute atomic E-state index is 13.6. The zero-order valence-corrected chi connectivity index (χ0v) is 12.1. The van der Waals surface area contributed by atoms with Gasteiger partial charge in [0.2, 0.25) is 0 Å². The van der Waals surface area contributed by atoms with E-state index in [9.17, 15) is 4.39 Å². The lowest BCUT2D eigenvalue weighted by atomic mass is 9.97. The van der Waals surface area contributed by atoms with Crippen molar-refractivity contribution in [1.29, 1.82) is 0 Å². The van der Waals surface area contributed by atoms with Gasteiger partial charge in [-0.05, 0) is 37.2 Å². The van der Waals surface area contributed by atoms with Gasteiger partial charge < -0.3 is 10.1 Å². The van der Waals surface area contributed by atoms with Gasteiger partial charge in [0.05, 0.1) is 13.2 Å². The summed E-state index contributed by atoms with van der Waals surface area (Å²) < 4.78 is 18.9. The summed E-state index contributed by atoms with van der Waals surface area (Å²) in [5, 5.41) is 3.39. The van der Waals surface area contributed by atoms with Gasteiger partial charge in [0.1, 0.15) is 11.6 Å². The molecule has 2 aromatic rings. The molecule has 3 heteroatoms. The van der Waals surface area contributed by atoms with Gasteiger partial charge in [0.25, 0.3) is 0 Å². The van der Waals surface area contributed by atoms with E-state index in [0.29, 0.717) is 5.75 Å². The molecule has 106 valence electrons. The topological polar surface area (TPSA) is 21.3 Å². The van der Waals surface area contributed by atoms with Crippen LogP contribution in [0.15, 0.2) is 42.5 Å². The van der Waals surface area contributed by atoms with E-state index in [1.165, 1.54) is 17.7 Å². The predicted molar refractivity (Wildman–Crippen MR) is 79.7 cm³/mol. The van der Waals surface area contributed by atoms with Crippen molar-refractivity contribution in [2.45, 2.75) is 19.9 Å². The van der Waals surface area contributed by atoms with Gasteiger partial charge in [-0.1, -0.05) is 36.8 Å². The molecule has 1 atom stereocenters. The van der Waals surface area contributed by atoms with Crippen molar-refractivity contribution in [1.82, 2.24) is 5.32 Å². The third-order valence-electron chi connectivity index (χ3n) is 3.32. The molecule has 0 saturated carbocycles. The number of hydrogen-bond donors (Lipinski definition) is 1. The van der Waals surface area contributed by atoms with E-state index in [2.05, 4.69) is 36.5 Å². The number of methoxy groups -OCH3 is 1. The zero-order chi connectivity index (χ0) is 14.5. The molecule has 2 nitrogen and oxygen atoms in total. The highest BCUT2D eigenvalue weighted by Gasteiger charge is 2.18. The minimum Gasteiger partial charge on any atom is -0.496 e. The minimum absolute atomic E-state index is 0.0775. The highest BCUT2D eigenvalue weighted by molar-refractivity contribution is 5.42. The van der Waals surface area contributed by atoms with Crippen LogP contribution in [-0.4, -0.2) is 13.7 Å². The lowest BCUT2D eigenvalue weighted by Gasteiger charge is -2.21. The molecular weight excluding hydrogens is 253 g/mol. The van der Waals surface area contributed by atoms with Gasteiger partial charge in [-0.15, -0.1) is 0 Å². The second-order valence-corrected chi connectivity index (χ2v) is 4.79. The van der Waals surface area contributed by atoms with Crippen LogP contribution in [0.3, 0.4) is 0 Å². The van der Waals surface area contributed by atoms with E-state index in [0.717, 1.165) is 17.7 Å². The summed E-state index contributed by atoms with van der Waals surface area (Å²) in [6.07, 6.45) is 0. The number of hydrogen-bond acceptors (Lipinski definition) is 2. The molecule has 2 aromatic carbocycles. The maximum atomic E-state index is 13.6. The Balaban J connectivity index is 2.47. The summed E-state index contributed by atoms with van der Waals surface area (Å²) in [5.41, 5.74) is 3.12. The molecule has 0 bridgehead atoms. The van der Waals surface area contributed by atoms with E-state index >= 15 is 0 Å². The Labute approximate surface area is 119 Å². The minimum atomic E-state index is -0.254. The number of nitrogens with one attached hydrogen (secondary N) is 1. The fourth-order valence-corrected chi connectivity index (χ4v) is 2.30. The number of rotatable bonds is 5. The molecule has 0 spiro atoms. The molecule has 0 amide bonds. The number of halogens is 1. The third-order valence-corrected chi connectivity index (χ3v) is 3.32. The first-order valence-electron chi connectivity index (χ1n) is 6.79. The normalized spacial score (nSPS) is 12.2. The molecule has 0 aromatic heterocycles. The predicted octanol–water partition coefficient (Wildman–Crippen LogP) is 3.84. The lowest BCUT2D eigenvalue weighted by Crippen LogP contribution is -2.22. The quantitative estimate of drug-likeness (QED) is 0.893. The number of aryl methyl sites for hydroxylation is 1. The van der Waals surface area contributed by atoms with E-state index < -0.39 is 0 Å². The molecular formula is C17H20FNO. The van der Waals surface area contributed by atoms with E-state index in [1.54, 1.807) is 13.2 Å². The van der Waals surface area contributed by atoms with Gasteiger partial charge in [0.15, 0.2) is 0 Å². The summed E-state index contributed by atoms with van der Waals surface area (Å²) in [5.74, 6) is 0.439. The van der Waals surface area contributed by atoms with E-state index in [4.69, 9.17) is 4.74 Å². The Bertz CT molecular complexity index is 566. The number of ether oxygens (including phenoxy) is 1. The smallest absolute Gasteiger partial charge is 0.124 e.